The molecule has 0 unspecified atom stereocenters. The van der Waals surface area contributed by atoms with E-state index in [0.29, 0.717) is 33.8 Å². The molecule has 0 aliphatic rings. The minimum atomic E-state index is -0.276. The fourth-order valence-electron chi connectivity index (χ4n) is 3.36. The molecule has 0 aliphatic heterocycles. The molecule has 152 valence electrons. The first-order chi connectivity index (χ1) is 15.1. The molecule has 0 spiro atoms. The third kappa shape index (κ3) is 3.64. The average molecular weight is 474 g/mol. The first kappa shape index (κ1) is 19.3. The molecular formula is C24H16BrN3O3. The van der Waals surface area contributed by atoms with Crippen LogP contribution in [0.2, 0.25) is 0 Å². The molecule has 2 heterocycles. The molecule has 0 atom stereocenters. The van der Waals surface area contributed by atoms with Crippen LogP contribution in [0.1, 0.15) is 5.56 Å². The summed E-state index contributed by atoms with van der Waals surface area (Å²) in [7, 11) is 1.60. The molecule has 0 N–H and O–H groups in total. The van der Waals surface area contributed by atoms with Crippen LogP contribution in [-0.2, 0) is 0 Å². The highest BCUT2D eigenvalue weighted by molar-refractivity contribution is 9.10. The molecule has 3 aromatic carbocycles. The molecule has 0 fully saturated rings. The van der Waals surface area contributed by atoms with Gasteiger partial charge in [0.15, 0.2) is 5.76 Å². The van der Waals surface area contributed by atoms with Gasteiger partial charge in [-0.3, -0.25) is 4.79 Å². The first-order valence-electron chi connectivity index (χ1n) is 9.52. The molecule has 5 rings (SSSR count). The van der Waals surface area contributed by atoms with E-state index in [-0.39, 0.29) is 5.56 Å². The zero-order chi connectivity index (χ0) is 21.4. The molecular weight excluding hydrogens is 458 g/mol. The maximum Gasteiger partial charge on any atom is 0.282 e. The van der Waals surface area contributed by atoms with Crippen molar-refractivity contribution in [3.63, 3.8) is 0 Å². The summed E-state index contributed by atoms with van der Waals surface area (Å²) in [6.07, 6.45) is 1.60. The summed E-state index contributed by atoms with van der Waals surface area (Å²) in [6, 6.07) is 22.2. The van der Waals surface area contributed by atoms with Crippen molar-refractivity contribution in [2.75, 3.05) is 7.11 Å². The Bertz CT molecular complexity index is 1520. The Balaban J connectivity index is 1.72. The van der Waals surface area contributed by atoms with Crippen molar-refractivity contribution >= 4 is 44.0 Å². The van der Waals surface area contributed by atoms with Crippen molar-refractivity contribution in [2.24, 2.45) is 5.10 Å². The van der Waals surface area contributed by atoms with Crippen molar-refractivity contribution in [2.45, 2.75) is 0 Å². The van der Waals surface area contributed by atoms with E-state index >= 15 is 0 Å². The van der Waals surface area contributed by atoms with Gasteiger partial charge in [-0.2, -0.15) is 9.78 Å². The highest BCUT2D eigenvalue weighted by Crippen LogP contribution is 2.29. The van der Waals surface area contributed by atoms with Crippen LogP contribution in [0.4, 0.5) is 0 Å². The predicted octanol–water partition coefficient (Wildman–Crippen LogP) is 5.46. The number of methoxy groups -OCH3 is 1. The number of hydrogen-bond donors (Lipinski definition) is 0. The van der Waals surface area contributed by atoms with E-state index in [1.54, 1.807) is 31.5 Å². The Labute approximate surface area is 185 Å². The molecule has 2 aromatic heterocycles. The smallest absolute Gasteiger partial charge is 0.282 e. The number of halogens is 1. The number of rotatable bonds is 4. The highest BCUT2D eigenvalue weighted by Gasteiger charge is 2.16. The summed E-state index contributed by atoms with van der Waals surface area (Å²) < 4.78 is 13.5. The van der Waals surface area contributed by atoms with Gasteiger partial charge in [0.2, 0.25) is 5.82 Å². The van der Waals surface area contributed by atoms with Crippen LogP contribution < -0.4 is 10.3 Å². The summed E-state index contributed by atoms with van der Waals surface area (Å²) in [5.74, 6) is 1.49. The van der Waals surface area contributed by atoms with Gasteiger partial charge in [-0.25, -0.2) is 4.98 Å². The second-order valence-electron chi connectivity index (χ2n) is 6.88. The molecule has 0 saturated heterocycles. The van der Waals surface area contributed by atoms with Crippen LogP contribution in [0.3, 0.4) is 0 Å². The van der Waals surface area contributed by atoms with Crippen LogP contribution in [0.25, 0.3) is 33.5 Å². The fourth-order valence-corrected chi connectivity index (χ4v) is 3.74. The van der Waals surface area contributed by atoms with Gasteiger partial charge in [0, 0.05) is 9.86 Å². The molecule has 31 heavy (non-hydrogen) atoms. The van der Waals surface area contributed by atoms with Crippen molar-refractivity contribution in [1.82, 2.24) is 9.66 Å². The average Bonchev–Trinajstić information content (AvgIpc) is 3.21. The topological polar surface area (TPSA) is 69.6 Å². The molecule has 0 radical (unpaired) electrons. The molecule has 5 aromatic rings. The lowest BCUT2D eigenvalue weighted by molar-refractivity contribution is 0.414. The number of aromatic nitrogens is 2. The van der Waals surface area contributed by atoms with Gasteiger partial charge in [-0.15, -0.1) is 0 Å². The van der Waals surface area contributed by atoms with Crippen molar-refractivity contribution < 1.29 is 9.15 Å². The van der Waals surface area contributed by atoms with Gasteiger partial charge in [0.05, 0.1) is 24.2 Å². The molecule has 0 bridgehead atoms. The summed E-state index contributed by atoms with van der Waals surface area (Å²) >= 11 is 3.47. The van der Waals surface area contributed by atoms with Crippen molar-refractivity contribution in [3.8, 4) is 17.3 Å². The Hall–Kier alpha value is -3.71. The van der Waals surface area contributed by atoms with Gasteiger partial charge in [-0.1, -0.05) is 40.2 Å². The summed E-state index contributed by atoms with van der Waals surface area (Å²) in [6.45, 7) is 0. The Morgan fingerprint density at radius 3 is 2.81 bits per heavy atom. The normalized spacial score (nSPS) is 11.5. The minimum absolute atomic E-state index is 0.276. The SMILES string of the molecule is COc1cccc(C=Nn2c(-c3cc4cc(Br)ccc4o3)nc3ccccc3c2=O)c1. The van der Waals surface area contributed by atoms with Gasteiger partial charge >= 0.3 is 0 Å². The first-order valence-corrected chi connectivity index (χ1v) is 10.3. The van der Waals surface area contributed by atoms with E-state index in [9.17, 15) is 4.79 Å². The monoisotopic (exact) mass is 473 g/mol. The zero-order valence-corrected chi connectivity index (χ0v) is 18.0. The predicted molar refractivity (Wildman–Crippen MR) is 125 cm³/mol. The molecule has 0 aliphatic carbocycles. The third-order valence-corrected chi connectivity index (χ3v) is 5.36. The lowest BCUT2D eigenvalue weighted by Gasteiger charge is -2.07. The van der Waals surface area contributed by atoms with E-state index < -0.39 is 0 Å². The van der Waals surface area contributed by atoms with Crippen LogP contribution in [0.15, 0.2) is 91.6 Å². The van der Waals surface area contributed by atoms with E-state index in [0.717, 1.165) is 15.4 Å². The van der Waals surface area contributed by atoms with E-state index in [1.165, 1.54) is 4.68 Å². The lowest BCUT2D eigenvalue weighted by atomic mass is 10.2. The van der Waals surface area contributed by atoms with Crippen LogP contribution in [0.5, 0.6) is 5.75 Å². The minimum Gasteiger partial charge on any atom is -0.497 e. The third-order valence-electron chi connectivity index (χ3n) is 4.87. The number of para-hydroxylation sites is 1. The second-order valence-corrected chi connectivity index (χ2v) is 7.80. The molecule has 0 amide bonds. The van der Waals surface area contributed by atoms with Crippen molar-refractivity contribution in [3.05, 3.63) is 93.2 Å². The van der Waals surface area contributed by atoms with E-state index in [4.69, 9.17) is 9.15 Å². The van der Waals surface area contributed by atoms with Crippen LogP contribution >= 0.6 is 15.9 Å². The van der Waals surface area contributed by atoms with Gasteiger partial charge in [0.1, 0.15) is 11.3 Å². The van der Waals surface area contributed by atoms with E-state index in [2.05, 4.69) is 26.0 Å². The Kier molecular flexibility index (Phi) is 4.88. The highest BCUT2D eigenvalue weighted by atomic mass is 79.9. The number of furan rings is 1. The standard InChI is InChI=1S/C24H16BrN3O3/c1-30-18-6-4-5-15(11-18)14-26-28-23(27-20-8-3-2-7-19(20)24(28)29)22-13-16-12-17(25)9-10-21(16)31-22/h2-14H,1H3. The summed E-state index contributed by atoms with van der Waals surface area (Å²) in [5.41, 5.74) is 1.79. The Morgan fingerprint density at radius 1 is 1.06 bits per heavy atom. The Morgan fingerprint density at radius 2 is 1.94 bits per heavy atom. The second kappa shape index (κ2) is 7.85. The molecule has 0 saturated carbocycles. The van der Waals surface area contributed by atoms with Gasteiger partial charge < -0.3 is 9.15 Å². The summed E-state index contributed by atoms with van der Waals surface area (Å²) in [5, 5.41) is 5.84. The number of fused-ring (bicyclic) bond motifs is 2. The van der Waals surface area contributed by atoms with Gasteiger partial charge in [0.25, 0.3) is 5.56 Å². The van der Waals surface area contributed by atoms with E-state index in [1.807, 2.05) is 54.6 Å². The van der Waals surface area contributed by atoms with Crippen molar-refractivity contribution in [1.29, 1.82) is 0 Å². The van der Waals surface area contributed by atoms with Crippen LogP contribution in [0, 0.1) is 0 Å². The molecule has 7 heteroatoms. The fraction of sp³-hybridized carbons (Fsp3) is 0.0417. The lowest BCUT2D eigenvalue weighted by Crippen LogP contribution is -2.20. The molecule has 6 nitrogen and oxygen atoms in total. The maximum absolute atomic E-state index is 13.3. The maximum atomic E-state index is 13.3. The number of ether oxygens (including phenoxy) is 1. The quantitative estimate of drug-likeness (QED) is 0.324. The number of hydrogen-bond acceptors (Lipinski definition) is 5. The number of nitrogens with zero attached hydrogens (tertiary/aromatic N) is 3. The number of benzene rings is 3. The summed E-state index contributed by atoms with van der Waals surface area (Å²) in [4.78, 5) is 18.0. The zero-order valence-electron chi connectivity index (χ0n) is 16.4. The largest absolute Gasteiger partial charge is 0.497 e. The van der Waals surface area contributed by atoms with Gasteiger partial charge in [-0.05, 0) is 54.1 Å². The van der Waals surface area contributed by atoms with Crippen LogP contribution in [-0.4, -0.2) is 23.0 Å².